The normalized spacial score (nSPS) is 9.09. The molecular formula is C8H7NO2. The third-order valence-electron chi connectivity index (χ3n) is 1.26. The Labute approximate surface area is 64.2 Å². The first-order chi connectivity index (χ1) is 5.24. The SMILES string of the molecule is CC(=O)c1ccc(CC#N)o1. The molecule has 1 aromatic heterocycles. The van der Waals surface area contributed by atoms with Crippen LogP contribution < -0.4 is 0 Å². The maximum Gasteiger partial charge on any atom is 0.194 e. The first-order valence-corrected chi connectivity index (χ1v) is 3.20. The summed E-state index contributed by atoms with van der Waals surface area (Å²) in [6.45, 7) is 1.43. The van der Waals surface area contributed by atoms with Crippen molar-refractivity contribution in [2.24, 2.45) is 0 Å². The zero-order valence-electron chi connectivity index (χ0n) is 6.13. The summed E-state index contributed by atoms with van der Waals surface area (Å²) >= 11 is 0. The Kier molecular flexibility index (Phi) is 2.07. The maximum atomic E-state index is 10.7. The van der Waals surface area contributed by atoms with Crippen molar-refractivity contribution in [3.8, 4) is 6.07 Å². The summed E-state index contributed by atoms with van der Waals surface area (Å²) in [6.07, 6.45) is 0.216. The van der Waals surface area contributed by atoms with Gasteiger partial charge in [0, 0.05) is 6.92 Å². The van der Waals surface area contributed by atoms with Gasteiger partial charge in [-0.05, 0) is 12.1 Å². The van der Waals surface area contributed by atoms with Crippen LogP contribution in [0.15, 0.2) is 16.5 Å². The van der Waals surface area contributed by atoms with Crippen LogP contribution >= 0.6 is 0 Å². The topological polar surface area (TPSA) is 54.0 Å². The van der Waals surface area contributed by atoms with Crippen molar-refractivity contribution < 1.29 is 9.21 Å². The summed E-state index contributed by atoms with van der Waals surface area (Å²) < 4.78 is 5.01. The zero-order chi connectivity index (χ0) is 8.27. The average molecular weight is 149 g/mol. The molecule has 1 rings (SSSR count). The molecule has 0 atom stereocenters. The highest BCUT2D eigenvalue weighted by Gasteiger charge is 2.04. The summed E-state index contributed by atoms with van der Waals surface area (Å²) in [5, 5.41) is 8.27. The van der Waals surface area contributed by atoms with E-state index >= 15 is 0 Å². The lowest BCUT2D eigenvalue weighted by atomic mass is 10.3. The Bertz CT molecular complexity index is 306. The van der Waals surface area contributed by atoms with E-state index < -0.39 is 0 Å². The number of Topliss-reactive ketones (excluding diaryl/α,β-unsaturated/α-hetero) is 1. The van der Waals surface area contributed by atoms with Gasteiger partial charge in [0.1, 0.15) is 5.76 Å². The van der Waals surface area contributed by atoms with Gasteiger partial charge in [-0.2, -0.15) is 5.26 Å². The molecule has 3 nitrogen and oxygen atoms in total. The van der Waals surface area contributed by atoms with Gasteiger partial charge in [0.25, 0.3) is 0 Å². The number of rotatable bonds is 2. The summed E-state index contributed by atoms with van der Waals surface area (Å²) in [6, 6.07) is 5.15. The van der Waals surface area contributed by atoms with Gasteiger partial charge in [0.05, 0.1) is 12.5 Å². The Hall–Kier alpha value is -1.56. The number of hydrogen-bond acceptors (Lipinski definition) is 3. The third-order valence-corrected chi connectivity index (χ3v) is 1.26. The van der Waals surface area contributed by atoms with E-state index in [9.17, 15) is 4.79 Å². The Morgan fingerprint density at radius 2 is 2.45 bits per heavy atom. The van der Waals surface area contributed by atoms with Gasteiger partial charge >= 0.3 is 0 Å². The number of ketones is 1. The summed E-state index contributed by atoms with van der Waals surface area (Å²) in [5.74, 6) is 0.738. The molecule has 0 saturated carbocycles. The molecule has 0 unspecified atom stereocenters. The minimum Gasteiger partial charge on any atom is -0.457 e. The van der Waals surface area contributed by atoms with Crippen LogP contribution in [0.5, 0.6) is 0 Å². The van der Waals surface area contributed by atoms with E-state index in [1.165, 1.54) is 6.92 Å². The molecule has 0 radical (unpaired) electrons. The molecule has 0 N–H and O–H groups in total. The van der Waals surface area contributed by atoms with Gasteiger partial charge < -0.3 is 4.42 Å². The summed E-state index contributed by atoms with van der Waals surface area (Å²) in [4.78, 5) is 10.7. The van der Waals surface area contributed by atoms with Crippen molar-refractivity contribution in [3.05, 3.63) is 23.7 Å². The number of furan rings is 1. The van der Waals surface area contributed by atoms with Gasteiger partial charge in [0.2, 0.25) is 0 Å². The Balaban J connectivity index is 2.83. The second kappa shape index (κ2) is 3.02. The van der Waals surface area contributed by atoms with E-state index in [0.29, 0.717) is 11.5 Å². The fourth-order valence-electron chi connectivity index (χ4n) is 0.740. The van der Waals surface area contributed by atoms with E-state index in [0.717, 1.165) is 0 Å². The van der Waals surface area contributed by atoms with Crippen molar-refractivity contribution in [1.82, 2.24) is 0 Å². The molecule has 0 amide bonds. The van der Waals surface area contributed by atoms with Gasteiger partial charge in [0.15, 0.2) is 11.5 Å². The van der Waals surface area contributed by atoms with E-state index in [-0.39, 0.29) is 12.2 Å². The molecule has 3 heteroatoms. The van der Waals surface area contributed by atoms with Crippen LogP contribution in [0, 0.1) is 11.3 Å². The number of nitriles is 1. The molecule has 0 bridgehead atoms. The van der Waals surface area contributed by atoms with Crippen LogP contribution in [0.4, 0.5) is 0 Å². The number of nitrogens with zero attached hydrogens (tertiary/aromatic N) is 1. The molecule has 11 heavy (non-hydrogen) atoms. The highest BCUT2D eigenvalue weighted by molar-refractivity contribution is 5.91. The minimum absolute atomic E-state index is 0.116. The Morgan fingerprint density at radius 1 is 1.73 bits per heavy atom. The lowest BCUT2D eigenvalue weighted by Gasteiger charge is -1.85. The molecule has 0 aliphatic carbocycles. The lowest BCUT2D eigenvalue weighted by molar-refractivity contribution is 0.0986. The predicted molar refractivity (Wildman–Crippen MR) is 38.0 cm³/mol. The highest BCUT2D eigenvalue weighted by Crippen LogP contribution is 2.08. The maximum absolute atomic E-state index is 10.7. The molecule has 0 aliphatic heterocycles. The fraction of sp³-hybridized carbons (Fsp3) is 0.250. The summed E-state index contributed by atoms with van der Waals surface area (Å²) in [7, 11) is 0. The van der Waals surface area contributed by atoms with Gasteiger partial charge in [-0.25, -0.2) is 0 Å². The molecule has 1 heterocycles. The van der Waals surface area contributed by atoms with E-state index in [4.69, 9.17) is 9.68 Å². The van der Waals surface area contributed by atoms with Crippen LogP contribution in [-0.2, 0) is 6.42 Å². The zero-order valence-corrected chi connectivity index (χ0v) is 6.13. The quantitative estimate of drug-likeness (QED) is 0.599. The number of hydrogen-bond donors (Lipinski definition) is 0. The van der Waals surface area contributed by atoms with Crippen molar-refractivity contribution in [2.75, 3.05) is 0 Å². The molecule has 0 fully saturated rings. The van der Waals surface area contributed by atoms with Crippen molar-refractivity contribution in [2.45, 2.75) is 13.3 Å². The molecule has 0 saturated heterocycles. The van der Waals surface area contributed by atoms with E-state index in [2.05, 4.69) is 0 Å². The molecule has 56 valence electrons. The Morgan fingerprint density at radius 3 is 2.91 bits per heavy atom. The first-order valence-electron chi connectivity index (χ1n) is 3.20. The lowest BCUT2D eigenvalue weighted by Crippen LogP contribution is -1.86. The fourth-order valence-corrected chi connectivity index (χ4v) is 0.740. The number of carbonyl (C=O) groups is 1. The van der Waals surface area contributed by atoms with Crippen molar-refractivity contribution in [1.29, 1.82) is 5.26 Å². The van der Waals surface area contributed by atoms with Crippen LogP contribution in [-0.4, -0.2) is 5.78 Å². The highest BCUT2D eigenvalue weighted by atomic mass is 16.3. The van der Waals surface area contributed by atoms with Crippen molar-refractivity contribution in [3.63, 3.8) is 0 Å². The monoisotopic (exact) mass is 149 g/mol. The van der Waals surface area contributed by atoms with Crippen LogP contribution in [0.1, 0.15) is 23.2 Å². The molecule has 1 aromatic rings. The summed E-state index contributed by atoms with van der Waals surface area (Å²) in [5.41, 5.74) is 0. The smallest absolute Gasteiger partial charge is 0.194 e. The van der Waals surface area contributed by atoms with Crippen LogP contribution in [0.2, 0.25) is 0 Å². The second-order valence-corrected chi connectivity index (χ2v) is 2.16. The average Bonchev–Trinajstić information content (AvgIpc) is 2.37. The standard InChI is InChI=1S/C8H7NO2/c1-6(10)8-3-2-7(11-8)4-5-9/h2-3H,4H2,1H3. The molecule has 0 spiro atoms. The first kappa shape index (κ1) is 7.55. The van der Waals surface area contributed by atoms with E-state index in [1.807, 2.05) is 6.07 Å². The van der Waals surface area contributed by atoms with Gasteiger partial charge in [-0.15, -0.1) is 0 Å². The van der Waals surface area contributed by atoms with Crippen LogP contribution in [0.25, 0.3) is 0 Å². The second-order valence-electron chi connectivity index (χ2n) is 2.16. The molecule has 0 aliphatic rings. The third kappa shape index (κ3) is 1.68. The predicted octanol–water partition coefficient (Wildman–Crippen LogP) is 1.55. The molecular weight excluding hydrogens is 142 g/mol. The molecule has 0 aromatic carbocycles. The van der Waals surface area contributed by atoms with Gasteiger partial charge in [-0.3, -0.25) is 4.79 Å². The van der Waals surface area contributed by atoms with Crippen molar-refractivity contribution >= 4 is 5.78 Å². The van der Waals surface area contributed by atoms with Gasteiger partial charge in [-0.1, -0.05) is 0 Å². The number of carbonyl (C=O) groups excluding carboxylic acids is 1. The van der Waals surface area contributed by atoms with Crippen LogP contribution in [0.3, 0.4) is 0 Å². The minimum atomic E-state index is -0.116. The largest absolute Gasteiger partial charge is 0.457 e. The van der Waals surface area contributed by atoms with E-state index in [1.54, 1.807) is 12.1 Å².